The van der Waals surface area contributed by atoms with Crippen LogP contribution in [0.3, 0.4) is 0 Å². The lowest BCUT2D eigenvalue weighted by molar-refractivity contribution is -0.141. The number of hydrogen-bond donors (Lipinski definition) is 2. The predicted molar refractivity (Wildman–Crippen MR) is 73.6 cm³/mol. The molecule has 0 bridgehead atoms. The second-order valence-electron chi connectivity index (χ2n) is 4.98. The fraction of sp³-hybridized carbons (Fsp3) is 0.357. The Balaban J connectivity index is 1.94. The molecule has 0 radical (unpaired) electrons. The molecule has 0 saturated carbocycles. The van der Waals surface area contributed by atoms with E-state index in [0.717, 1.165) is 29.0 Å². The summed E-state index contributed by atoms with van der Waals surface area (Å²) in [5.41, 5.74) is 2.44. The van der Waals surface area contributed by atoms with E-state index in [1.165, 1.54) is 4.90 Å². The molecule has 1 saturated heterocycles. The average Bonchev–Trinajstić information content (AvgIpc) is 3.00. The number of benzene rings is 1. The first-order valence-electron chi connectivity index (χ1n) is 6.60. The summed E-state index contributed by atoms with van der Waals surface area (Å²) in [5, 5.41) is 9.01. The van der Waals surface area contributed by atoms with Crippen LogP contribution in [-0.4, -0.2) is 33.5 Å². The maximum Gasteiger partial charge on any atom is 0.308 e. The fourth-order valence-corrected chi connectivity index (χ4v) is 2.51. The number of fused-ring (bicyclic) bond motifs is 1. The molecule has 1 aromatic carbocycles. The Bertz CT molecular complexity index is 692. The molecule has 2 aromatic rings. The third-order valence-corrected chi connectivity index (χ3v) is 3.64. The summed E-state index contributed by atoms with van der Waals surface area (Å²) in [4.78, 5) is 32.0. The SMILES string of the molecule is CCc1nc2ccc(N3CC(C(=O)O)CC3=O)cc2[nH]1. The van der Waals surface area contributed by atoms with Crippen LogP contribution in [0.1, 0.15) is 19.2 Å². The maximum absolute atomic E-state index is 11.9. The van der Waals surface area contributed by atoms with Gasteiger partial charge in [0.25, 0.3) is 0 Å². The number of carbonyl (C=O) groups excluding carboxylic acids is 1. The van der Waals surface area contributed by atoms with Crippen molar-refractivity contribution in [1.82, 2.24) is 9.97 Å². The second kappa shape index (κ2) is 4.63. The number of carboxylic acids is 1. The molecule has 0 spiro atoms. The molecule has 1 aromatic heterocycles. The highest BCUT2D eigenvalue weighted by Crippen LogP contribution is 2.27. The van der Waals surface area contributed by atoms with Gasteiger partial charge in [-0.1, -0.05) is 6.92 Å². The van der Waals surface area contributed by atoms with Crippen molar-refractivity contribution in [1.29, 1.82) is 0 Å². The molecule has 1 fully saturated rings. The van der Waals surface area contributed by atoms with Crippen molar-refractivity contribution in [3.05, 3.63) is 24.0 Å². The van der Waals surface area contributed by atoms with Crippen LogP contribution in [0, 0.1) is 5.92 Å². The van der Waals surface area contributed by atoms with Crippen LogP contribution in [0.2, 0.25) is 0 Å². The second-order valence-corrected chi connectivity index (χ2v) is 4.98. The first kappa shape index (κ1) is 12.7. The molecule has 3 rings (SSSR count). The molecule has 1 amide bonds. The first-order chi connectivity index (χ1) is 9.58. The number of nitrogens with one attached hydrogen (secondary N) is 1. The molecule has 6 nitrogen and oxygen atoms in total. The highest BCUT2D eigenvalue weighted by Gasteiger charge is 2.35. The lowest BCUT2D eigenvalue weighted by Gasteiger charge is -2.15. The van der Waals surface area contributed by atoms with Gasteiger partial charge in [-0.05, 0) is 18.2 Å². The Morgan fingerprint density at radius 1 is 1.55 bits per heavy atom. The maximum atomic E-state index is 11.9. The quantitative estimate of drug-likeness (QED) is 0.888. The van der Waals surface area contributed by atoms with Gasteiger partial charge in [-0.15, -0.1) is 0 Å². The minimum absolute atomic E-state index is 0.0660. The van der Waals surface area contributed by atoms with E-state index in [0.29, 0.717) is 0 Å². The summed E-state index contributed by atoms with van der Waals surface area (Å²) < 4.78 is 0. The van der Waals surface area contributed by atoms with Gasteiger partial charge in [0.1, 0.15) is 5.82 Å². The van der Waals surface area contributed by atoms with E-state index < -0.39 is 11.9 Å². The number of nitrogens with zero attached hydrogens (tertiary/aromatic N) is 2. The molecule has 1 aliphatic heterocycles. The van der Waals surface area contributed by atoms with Crippen LogP contribution in [-0.2, 0) is 16.0 Å². The summed E-state index contributed by atoms with van der Waals surface area (Å²) in [6.45, 7) is 2.24. The summed E-state index contributed by atoms with van der Waals surface area (Å²) in [5.74, 6) is -0.789. The van der Waals surface area contributed by atoms with Crippen LogP contribution in [0.15, 0.2) is 18.2 Å². The molecule has 1 unspecified atom stereocenters. The van der Waals surface area contributed by atoms with Gasteiger partial charge in [0.05, 0.1) is 17.0 Å². The number of rotatable bonds is 3. The van der Waals surface area contributed by atoms with Crippen LogP contribution < -0.4 is 4.90 Å². The third kappa shape index (κ3) is 2.03. The highest BCUT2D eigenvalue weighted by atomic mass is 16.4. The van der Waals surface area contributed by atoms with Crippen molar-refractivity contribution in [2.24, 2.45) is 5.92 Å². The Morgan fingerprint density at radius 2 is 2.35 bits per heavy atom. The van der Waals surface area contributed by atoms with Gasteiger partial charge in [-0.2, -0.15) is 0 Å². The topological polar surface area (TPSA) is 86.3 Å². The van der Waals surface area contributed by atoms with Crippen LogP contribution in [0.5, 0.6) is 0 Å². The summed E-state index contributed by atoms with van der Waals surface area (Å²) >= 11 is 0. The van der Waals surface area contributed by atoms with E-state index in [-0.39, 0.29) is 18.9 Å². The Hall–Kier alpha value is -2.37. The molecule has 104 valence electrons. The Morgan fingerprint density at radius 3 is 3.00 bits per heavy atom. The Kier molecular flexibility index (Phi) is 2.93. The van der Waals surface area contributed by atoms with E-state index in [4.69, 9.17) is 5.11 Å². The van der Waals surface area contributed by atoms with Gasteiger partial charge in [-0.3, -0.25) is 9.59 Å². The van der Waals surface area contributed by atoms with Crippen molar-refractivity contribution in [2.75, 3.05) is 11.4 Å². The number of aliphatic carboxylic acids is 1. The van der Waals surface area contributed by atoms with Gasteiger partial charge in [-0.25, -0.2) is 4.98 Å². The third-order valence-electron chi connectivity index (χ3n) is 3.64. The molecule has 6 heteroatoms. The fourth-order valence-electron chi connectivity index (χ4n) is 2.51. The first-order valence-corrected chi connectivity index (χ1v) is 6.60. The number of carbonyl (C=O) groups is 2. The number of aromatic nitrogens is 2. The normalized spacial score (nSPS) is 18.9. The highest BCUT2D eigenvalue weighted by molar-refractivity contribution is 6.00. The van der Waals surface area contributed by atoms with Gasteiger partial charge < -0.3 is 15.0 Å². The number of amides is 1. The number of carboxylic acid groups (broad SMARTS) is 1. The lowest BCUT2D eigenvalue weighted by atomic mass is 10.1. The number of imidazole rings is 1. The molecular formula is C14H15N3O3. The van der Waals surface area contributed by atoms with E-state index in [1.807, 2.05) is 25.1 Å². The van der Waals surface area contributed by atoms with E-state index in [1.54, 1.807) is 0 Å². The van der Waals surface area contributed by atoms with Crippen molar-refractivity contribution in [3.63, 3.8) is 0 Å². The van der Waals surface area contributed by atoms with Crippen LogP contribution in [0.4, 0.5) is 5.69 Å². The monoisotopic (exact) mass is 273 g/mol. The minimum Gasteiger partial charge on any atom is -0.481 e. The zero-order valence-electron chi connectivity index (χ0n) is 11.1. The number of anilines is 1. The Labute approximate surface area is 115 Å². The summed E-state index contributed by atoms with van der Waals surface area (Å²) in [6.07, 6.45) is 0.879. The summed E-state index contributed by atoms with van der Waals surface area (Å²) in [7, 11) is 0. The predicted octanol–water partition coefficient (Wildman–Crippen LogP) is 1.56. The largest absolute Gasteiger partial charge is 0.481 e. The molecule has 1 aliphatic rings. The lowest BCUT2D eigenvalue weighted by Crippen LogP contribution is -2.25. The van der Waals surface area contributed by atoms with Crippen molar-refractivity contribution >= 4 is 28.6 Å². The van der Waals surface area contributed by atoms with Crippen LogP contribution in [0.25, 0.3) is 11.0 Å². The molecule has 2 N–H and O–H groups in total. The van der Waals surface area contributed by atoms with Crippen molar-refractivity contribution in [3.8, 4) is 0 Å². The summed E-state index contributed by atoms with van der Waals surface area (Å²) in [6, 6.07) is 5.51. The van der Waals surface area contributed by atoms with Gasteiger partial charge in [0.2, 0.25) is 5.91 Å². The smallest absolute Gasteiger partial charge is 0.308 e. The van der Waals surface area contributed by atoms with Crippen molar-refractivity contribution < 1.29 is 14.7 Å². The molecule has 20 heavy (non-hydrogen) atoms. The van der Waals surface area contributed by atoms with Crippen LogP contribution >= 0.6 is 0 Å². The standard InChI is InChI=1S/C14H15N3O3/c1-2-12-15-10-4-3-9(6-11(10)16-12)17-7-8(14(19)20)5-13(17)18/h3-4,6,8H,2,5,7H2,1H3,(H,15,16)(H,19,20). The van der Waals surface area contributed by atoms with Gasteiger partial charge >= 0.3 is 5.97 Å². The van der Waals surface area contributed by atoms with Crippen molar-refractivity contribution in [2.45, 2.75) is 19.8 Å². The zero-order chi connectivity index (χ0) is 14.3. The van der Waals surface area contributed by atoms with Gasteiger partial charge in [0.15, 0.2) is 0 Å². The van der Waals surface area contributed by atoms with E-state index >= 15 is 0 Å². The van der Waals surface area contributed by atoms with E-state index in [2.05, 4.69) is 9.97 Å². The average molecular weight is 273 g/mol. The number of H-pyrrole nitrogens is 1. The minimum atomic E-state index is -0.920. The molecule has 0 aliphatic carbocycles. The number of aryl methyl sites for hydroxylation is 1. The molecule has 1 atom stereocenters. The zero-order valence-corrected chi connectivity index (χ0v) is 11.1. The van der Waals surface area contributed by atoms with E-state index in [9.17, 15) is 9.59 Å². The molecular weight excluding hydrogens is 258 g/mol. The number of aromatic amines is 1. The molecule has 2 heterocycles. The van der Waals surface area contributed by atoms with Gasteiger partial charge in [0, 0.05) is 25.1 Å². The number of hydrogen-bond acceptors (Lipinski definition) is 3.